The van der Waals surface area contributed by atoms with Crippen LogP contribution in [-0.2, 0) is 15.1 Å². The summed E-state index contributed by atoms with van der Waals surface area (Å²) in [5.74, 6) is -0.251. The molecule has 0 radical (unpaired) electrons. The third kappa shape index (κ3) is 2.36. The van der Waals surface area contributed by atoms with Gasteiger partial charge in [0.1, 0.15) is 5.54 Å². The number of nitrogens with one attached hydrogen (secondary N) is 1. The molecular weight excluding hydrogens is 190 g/mol. The van der Waals surface area contributed by atoms with E-state index in [1.165, 1.54) is 0 Å². The number of esters is 1. The first-order valence-electron chi connectivity index (χ1n) is 5.06. The van der Waals surface area contributed by atoms with Gasteiger partial charge < -0.3 is 10.1 Å². The van der Waals surface area contributed by atoms with Gasteiger partial charge in [-0.2, -0.15) is 0 Å². The number of rotatable bonds is 4. The van der Waals surface area contributed by atoms with E-state index in [9.17, 15) is 4.79 Å². The lowest BCUT2D eigenvalue weighted by Crippen LogP contribution is -2.45. The summed E-state index contributed by atoms with van der Waals surface area (Å²) < 4.78 is 5.05. The maximum Gasteiger partial charge on any atom is 0.330 e. The SMILES string of the molecule is CCOC(=O)C(C)(NC)c1ccccc1. The van der Waals surface area contributed by atoms with Gasteiger partial charge in [0.25, 0.3) is 0 Å². The zero-order valence-electron chi connectivity index (χ0n) is 9.41. The second-order valence-electron chi connectivity index (χ2n) is 3.46. The van der Waals surface area contributed by atoms with E-state index in [-0.39, 0.29) is 5.97 Å². The molecule has 1 rings (SSSR count). The van der Waals surface area contributed by atoms with Gasteiger partial charge in [0.2, 0.25) is 0 Å². The number of carbonyl (C=O) groups is 1. The van der Waals surface area contributed by atoms with Crippen LogP contribution in [0.1, 0.15) is 19.4 Å². The lowest BCUT2D eigenvalue weighted by molar-refractivity contribution is -0.150. The van der Waals surface area contributed by atoms with Crippen LogP contribution in [0.25, 0.3) is 0 Å². The van der Waals surface area contributed by atoms with Crippen molar-refractivity contribution in [3.8, 4) is 0 Å². The van der Waals surface area contributed by atoms with Crippen LogP contribution >= 0.6 is 0 Å². The highest BCUT2D eigenvalue weighted by atomic mass is 16.5. The highest BCUT2D eigenvalue weighted by Gasteiger charge is 2.34. The number of likely N-dealkylation sites (N-methyl/N-ethyl adjacent to an activating group) is 1. The van der Waals surface area contributed by atoms with Crippen molar-refractivity contribution in [2.45, 2.75) is 19.4 Å². The second kappa shape index (κ2) is 4.94. The molecule has 0 saturated carbocycles. The van der Waals surface area contributed by atoms with E-state index in [1.54, 1.807) is 14.0 Å². The molecule has 0 fully saturated rings. The van der Waals surface area contributed by atoms with Crippen molar-refractivity contribution in [2.75, 3.05) is 13.7 Å². The van der Waals surface area contributed by atoms with Crippen LogP contribution in [0.15, 0.2) is 30.3 Å². The van der Waals surface area contributed by atoms with Crippen LogP contribution in [-0.4, -0.2) is 19.6 Å². The molecule has 3 nitrogen and oxygen atoms in total. The third-order valence-corrected chi connectivity index (χ3v) is 2.53. The molecule has 0 aliphatic rings. The van der Waals surface area contributed by atoms with Gasteiger partial charge in [-0.25, -0.2) is 4.79 Å². The lowest BCUT2D eigenvalue weighted by atomic mass is 9.92. The van der Waals surface area contributed by atoms with Crippen LogP contribution in [0, 0.1) is 0 Å². The molecule has 0 heterocycles. The molecule has 1 N–H and O–H groups in total. The molecule has 0 saturated heterocycles. The summed E-state index contributed by atoms with van der Waals surface area (Å²) in [5.41, 5.74) is 0.142. The molecule has 15 heavy (non-hydrogen) atoms. The number of benzene rings is 1. The smallest absolute Gasteiger partial charge is 0.330 e. The normalized spacial score (nSPS) is 14.3. The first-order valence-corrected chi connectivity index (χ1v) is 5.06. The van der Waals surface area contributed by atoms with Crippen molar-refractivity contribution < 1.29 is 9.53 Å². The van der Waals surface area contributed by atoms with Crippen molar-refractivity contribution in [2.24, 2.45) is 0 Å². The Morgan fingerprint density at radius 3 is 2.47 bits per heavy atom. The van der Waals surface area contributed by atoms with Gasteiger partial charge in [0.15, 0.2) is 0 Å². The van der Waals surface area contributed by atoms with Crippen molar-refractivity contribution in [3.63, 3.8) is 0 Å². The van der Waals surface area contributed by atoms with Crippen molar-refractivity contribution in [1.29, 1.82) is 0 Å². The molecule has 0 aliphatic carbocycles. The summed E-state index contributed by atoms with van der Waals surface area (Å²) >= 11 is 0. The van der Waals surface area contributed by atoms with Gasteiger partial charge in [-0.05, 0) is 26.5 Å². The molecule has 0 spiro atoms. The fourth-order valence-electron chi connectivity index (χ4n) is 1.41. The van der Waals surface area contributed by atoms with Gasteiger partial charge in [0, 0.05) is 0 Å². The Bertz CT molecular complexity index is 324. The molecule has 3 heteroatoms. The number of hydrogen-bond acceptors (Lipinski definition) is 3. The minimum Gasteiger partial charge on any atom is -0.464 e. The Hall–Kier alpha value is -1.35. The Labute approximate surface area is 90.4 Å². The van der Waals surface area contributed by atoms with Crippen molar-refractivity contribution >= 4 is 5.97 Å². The van der Waals surface area contributed by atoms with Gasteiger partial charge in [-0.3, -0.25) is 0 Å². The van der Waals surface area contributed by atoms with E-state index in [2.05, 4.69) is 5.32 Å². The molecule has 1 aromatic carbocycles. The Balaban J connectivity index is 3.00. The van der Waals surface area contributed by atoms with E-state index >= 15 is 0 Å². The molecule has 1 aromatic rings. The Kier molecular flexibility index (Phi) is 3.86. The molecule has 0 aromatic heterocycles. The topological polar surface area (TPSA) is 38.3 Å². The zero-order chi connectivity index (χ0) is 11.3. The first-order chi connectivity index (χ1) is 7.15. The average Bonchev–Trinajstić information content (AvgIpc) is 2.29. The standard InChI is InChI=1S/C12H17NO2/c1-4-15-11(14)12(2,13-3)10-8-6-5-7-9-10/h5-9,13H,4H2,1-3H3. The van der Waals surface area contributed by atoms with Gasteiger partial charge in [-0.15, -0.1) is 0 Å². The quantitative estimate of drug-likeness (QED) is 0.763. The monoisotopic (exact) mass is 207 g/mol. The van der Waals surface area contributed by atoms with Crippen LogP contribution in [0.4, 0.5) is 0 Å². The predicted octanol–water partition coefficient (Wildman–Crippen LogP) is 1.68. The van der Waals surface area contributed by atoms with Gasteiger partial charge in [0.05, 0.1) is 6.61 Å². The molecule has 82 valence electrons. The minimum atomic E-state index is -0.767. The largest absolute Gasteiger partial charge is 0.464 e. The fraction of sp³-hybridized carbons (Fsp3) is 0.417. The maximum atomic E-state index is 11.8. The summed E-state index contributed by atoms with van der Waals surface area (Å²) in [5, 5.41) is 3.00. The van der Waals surface area contributed by atoms with Crippen molar-refractivity contribution in [3.05, 3.63) is 35.9 Å². The number of carbonyl (C=O) groups excluding carboxylic acids is 1. The third-order valence-electron chi connectivity index (χ3n) is 2.53. The Morgan fingerprint density at radius 1 is 1.40 bits per heavy atom. The molecular formula is C12H17NO2. The molecule has 0 aliphatic heterocycles. The highest BCUT2D eigenvalue weighted by Crippen LogP contribution is 2.21. The number of hydrogen-bond donors (Lipinski definition) is 1. The van der Waals surface area contributed by atoms with E-state index in [0.717, 1.165) is 5.56 Å². The molecule has 1 atom stereocenters. The second-order valence-corrected chi connectivity index (χ2v) is 3.46. The summed E-state index contributed by atoms with van der Waals surface area (Å²) in [6, 6.07) is 9.56. The van der Waals surface area contributed by atoms with Gasteiger partial charge in [-0.1, -0.05) is 30.3 Å². The van der Waals surface area contributed by atoms with Crippen LogP contribution in [0.5, 0.6) is 0 Å². The van der Waals surface area contributed by atoms with Crippen LogP contribution in [0.3, 0.4) is 0 Å². The Morgan fingerprint density at radius 2 is 2.00 bits per heavy atom. The van der Waals surface area contributed by atoms with E-state index in [4.69, 9.17) is 4.74 Å². The summed E-state index contributed by atoms with van der Waals surface area (Å²) in [7, 11) is 1.75. The van der Waals surface area contributed by atoms with E-state index in [0.29, 0.717) is 6.61 Å². The molecule has 0 amide bonds. The van der Waals surface area contributed by atoms with Crippen molar-refractivity contribution in [1.82, 2.24) is 5.32 Å². The molecule has 1 unspecified atom stereocenters. The summed E-state index contributed by atoms with van der Waals surface area (Å²) in [4.78, 5) is 11.8. The zero-order valence-corrected chi connectivity index (χ0v) is 9.41. The highest BCUT2D eigenvalue weighted by molar-refractivity contribution is 5.82. The van der Waals surface area contributed by atoms with E-state index < -0.39 is 5.54 Å². The fourth-order valence-corrected chi connectivity index (χ4v) is 1.41. The number of ether oxygens (including phenoxy) is 1. The summed E-state index contributed by atoms with van der Waals surface area (Å²) in [6.07, 6.45) is 0. The van der Waals surface area contributed by atoms with Crippen LogP contribution < -0.4 is 5.32 Å². The molecule has 0 bridgehead atoms. The lowest BCUT2D eigenvalue weighted by Gasteiger charge is -2.27. The van der Waals surface area contributed by atoms with Crippen LogP contribution in [0.2, 0.25) is 0 Å². The van der Waals surface area contributed by atoms with E-state index in [1.807, 2.05) is 37.3 Å². The first kappa shape index (κ1) is 11.7. The maximum absolute atomic E-state index is 11.8. The minimum absolute atomic E-state index is 0.251. The average molecular weight is 207 g/mol. The van der Waals surface area contributed by atoms with Gasteiger partial charge >= 0.3 is 5.97 Å². The summed E-state index contributed by atoms with van der Waals surface area (Å²) in [6.45, 7) is 4.02. The predicted molar refractivity (Wildman–Crippen MR) is 59.5 cm³/mol.